The largest absolute Gasteiger partial charge is 0.373 e. The van der Waals surface area contributed by atoms with Gasteiger partial charge in [0.05, 0.1) is 18.2 Å². The molecule has 0 aromatic carbocycles. The molecule has 24 heavy (non-hydrogen) atoms. The monoisotopic (exact) mass is 383 g/mol. The molecule has 0 radical (unpaired) electrons. The average Bonchev–Trinajstić information content (AvgIpc) is 2.40. The van der Waals surface area contributed by atoms with E-state index in [1.165, 1.54) is 0 Å². The Kier molecular flexibility index (Phi) is 10.8. The zero-order valence-electron chi connectivity index (χ0n) is 15.6. The van der Waals surface area contributed by atoms with Crippen molar-refractivity contribution in [2.24, 2.45) is 11.8 Å². The fourth-order valence-corrected chi connectivity index (χ4v) is 3.83. The van der Waals surface area contributed by atoms with Crippen molar-refractivity contribution in [1.29, 1.82) is 0 Å². The summed E-state index contributed by atoms with van der Waals surface area (Å²) in [6, 6.07) is 0.238. The Morgan fingerprint density at radius 2 is 1.75 bits per heavy atom. The fraction of sp³-hybridized carbons (Fsp3) is 0.941. The normalized spacial score (nSPS) is 32.4. The van der Waals surface area contributed by atoms with Gasteiger partial charge in [-0.05, 0) is 45.2 Å². The van der Waals surface area contributed by atoms with E-state index in [0.29, 0.717) is 17.9 Å². The van der Waals surface area contributed by atoms with Crippen LogP contribution in [0.25, 0.3) is 0 Å². The van der Waals surface area contributed by atoms with Gasteiger partial charge in [-0.15, -0.1) is 24.8 Å². The van der Waals surface area contributed by atoms with Crippen molar-refractivity contribution in [3.05, 3.63) is 0 Å². The minimum absolute atomic E-state index is 0. The SMILES string of the molecule is CC1CN(C(C(=O)NC2CCNCC2C)C(C)C)CC(C)O1.Cl.Cl. The smallest absolute Gasteiger partial charge is 0.237 e. The maximum absolute atomic E-state index is 12.9. The number of halogens is 2. The number of ether oxygens (including phenoxy) is 1. The maximum atomic E-state index is 12.9. The lowest BCUT2D eigenvalue weighted by Gasteiger charge is -2.42. The number of nitrogens with one attached hydrogen (secondary N) is 2. The molecule has 0 saturated carbocycles. The van der Waals surface area contributed by atoms with Crippen molar-refractivity contribution in [2.45, 2.75) is 65.3 Å². The molecule has 7 heteroatoms. The Labute approximate surface area is 159 Å². The number of hydrogen-bond donors (Lipinski definition) is 2. The van der Waals surface area contributed by atoms with Crippen LogP contribution in [0.3, 0.4) is 0 Å². The number of amides is 1. The first-order valence-corrected chi connectivity index (χ1v) is 8.79. The molecule has 1 amide bonds. The van der Waals surface area contributed by atoms with Gasteiger partial charge in [0, 0.05) is 19.1 Å². The molecule has 2 fully saturated rings. The number of carbonyl (C=O) groups is 1. The molecule has 5 nitrogen and oxygen atoms in total. The summed E-state index contributed by atoms with van der Waals surface area (Å²) in [4.78, 5) is 15.2. The van der Waals surface area contributed by atoms with E-state index in [9.17, 15) is 4.79 Å². The van der Waals surface area contributed by atoms with E-state index >= 15 is 0 Å². The van der Waals surface area contributed by atoms with Gasteiger partial charge < -0.3 is 15.4 Å². The van der Waals surface area contributed by atoms with Gasteiger partial charge >= 0.3 is 0 Å². The second kappa shape index (κ2) is 10.8. The van der Waals surface area contributed by atoms with Crippen molar-refractivity contribution in [2.75, 3.05) is 26.2 Å². The summed E-state index contributed by atoms with van der Waals surface area (Å²) in [6.45, 7) is 14.3. The molecule has 2 rings (SSSR count). The third-order valence-corrected chi connectivity index (χ3v) is 4.85. The standard InChI is InChI=1S/C17H33N3O2.2ClH/c1-11(2)16(20-9-13(4)22-14(5)10-20)17(21)19-15-6-7-18-8-12(15)3;;/h11-16,18H,6-10H2,1-5H3,(H,19,21);2*1H. The summed E-state index contributed by atoms with van der Waals surface area (Å²) in [5, 5.41) is 6.70. The molecule has 0 bridgehead atoms. The lowest BCUT2D eigenvalue weighted by Crippen LogP contribution is -2.59. The molecule has 144 valence electrons. The van der Waals surface area contributed by atoms with Gasteiger partial charge in [-0.3, -0.25) is 9.69 Å². The van der Waals surface area contributed by atoms with E-state index in [-0.39, 0.29) is 49.0 Å². The van der Waals surface area contributed by atoms with Gasteiger partial charge in [0.1, 0.15) is 0 Å². The van der Waals surface area contributed by atoms with E-state index in [1.807, 2.05) is 0 Å². The second-order valence-electron chi connectivity index (χ2n) is 7.49. The van der Waals surface area contributed by atoms with E-state index < -0.39 is 0 Å². The summed E-state index contributed by atoms with van der Waals surface area (Å²) in [6.07, 6.45) is 1.40. The molecule has 0 aliphatic carbocycles. The van der Waals surface area contributed by atoms with Crippen LogP contribution in [-0.4, -0.2) is 61.3 Å². The lowest BCUT2D eigenvalue weighted by atomic mass is 9.93. The molecule has 5 unspecified atom stereocenters. The van der Waals surface area contributed by atoms with Crippen LogP contribution >= 0.6 is 24.8 Å². The number of rotatable bonds is 4. The number of morpholine rings is 1. The molecule has 0 aromatic rings. The Morgan fingerprint density at radius 1 is 1.17 bits per heavy atom. The summed E-state index contributed by atoms with van der Waals surface area (Å²) in [7, 11) is 0. The summed E-state index contributed by atoms with van der Waals surface area (Å²) < 4.78 is 5.81. The second-order valence-corrected chi connectivity index (χ2v) is 7.49. The molecule has 2 N–H and O–H groups in total. The maximum Gasteiger partial charge on any atom is 0.237 e. The van der Waals surface area contributed by atoms with Gasteiger partial charge in [-0.1, -0.05) is 20.8 Å². The van der Waals surface area contributed by atoms with Crippen LogP contribution in [0, 0.1) is 11.8 Å². The number of carbonyl (C=O) groups excluding carboxylic acids is 1. The number of piperidine rings is 1. The highest BCUT2D eigenvalue weighted by atomic mass is 35.5. The zero-order valence-corrected chi connectivity index (χ0v) is 17.2. The Balaban J connectivity index is 0.00000264. The Hall–Kier alpha value is -0.0700. The predicted molar refractivity (Wildman–Crippen MR) is 103 cm³/mol. The van der Waals surface area contributed by atoms with E-state index in [1.54, 1.807) is 0 Å². The van der Waals surface area contributed by atoms with Crippen molar-refractivity contribution in [3.8, 4) is 0 Å². The lowest BCUT2D eigenvalue weighted by molar-refractivity contribution is -0.136. The number of nitrogens with zero attached hydrogens (tertiary/aromatic N) is 1. The first-order chi connectivity index (χ1) is 10.4. The van der Waals surface area contributed by atoms with Gasteiger partial charge in [0.2, 0.25) is 5.91 Å². The van der Waals surface area contributed by atoms with Crippen molar-refractivity contribution in [1.82, 2.24) is 15.5 Å². The molecule has 5 atom stereocenters. The van der Waals surface area contributed by atoms with Crippen LogP contribution in [0.1, 0.15) is 41.0 Å². The summed E-state index contributed by atoms with van der Waals surface area (Å²) >= 11 is 0. The topological polar surface area (TPSA) is 53.6 Å². The van der Waals surface area contributed by atoms with E-state index in [0.717, 1.165) is 32.6 Å². The molecule has 2 saturated heterocycles. The fourth-order valence-electron chi connectivity index (χ4n) is 3.83. The Morgan fingerprint density at radius 3 is 2.25 bits per heavy atom. The third-order valence-electron chi connectivity index (χ3n) is 4.85. The van der Waals surface area contributed by atoms with Gasteiger partial charge in [-0.25, -0.2) is 0 Å². The average molecular weight is 384 g/mol. The first kappa shape index (κ1) is 23.9. The molecular formula is C17H35Cl2N3O2. The highest BCUT2D eigenvalue weighted by Crippen LogP contribution is 2.20. The highest BCUT2D eigenvalue weighted by molar-refractivity contribution is 5.85. The van der Waals surface area contributed by atoms with E-state index in [4.69, 9.17) is 4.74 Å². The quantitative estimate of drug-likeness (QED) is 0.779. The molecule has 0 spiro atoms. The predicted octanol–water partition coefficient (Wildman–Crippen LogP) is 2.08. The minimum atomic E-state index is -0.0594. The van der Waals surface area contributed by atoms with Gasteiger partial charge in [-0.2, -0.15) is 0 Å². The van der Waals surface area contributed by atoms with Crippen molar-refractivity contribution >= 4 is 30.7 Å². The minimum Gasteiger partial charge on any atom is -0.373 e. The molecular weight excluding hydrogens is 349 g/mol. The van der Waals surface area contributed by atoms with Crippen LogP contribution in [0.2, 0.25) is 0 Å². The van der Waals surface area contributed by atoms with Crippen molar-refractivity contribution < 1.29 is 9.53 Å². The zero-order chi connectivity index (χ0) is 16.3. The summed E-state index contributed by atoms with van der Waals surface area (Å²) in [5.74, 6) is 0.984. The Bertz CT molecular complexity index is 375. The number of hydrogen-bond acceptors (Lipinski definition) is 4. The summed E-state index contributed by atoms with van der Waals surface area (Å²) in [5.41, 5.74) is 0. The van der Waals surface area contributed by atoms with Crippen molar-refractivity contribution in [3.63, 3.8) is 0 Å². The highest BCUT2D eigenvalue weighted by Gasteiger charge is 2.35. The van der Waals surface area contributed by atoms with Gasteiger partial charge in [0.25, 0.3) is 0 Å². The van der Waals surface area contributed by atoms with Crippen LogP contribution in [0.15, 0.2) is 0 Å². The van der Waals surface area contributed by atoms with E-state index in [2.05, 4.69) is 50.2 Å². The van der Waals surface area contributed by atoms with Gasteiger partial charge in [0.15, 0.2) is 0 Å². The van der Waals surface area contributed by atoms with Crippen LogP contribution in [0.4, 0.5) is 0 Å². The molecule has 2 aliphatic rings. The van der Waals surface area contributed by atoms with Crippen LogP contribution in [-0.2, 0) is 9.53 Å². The molecule has 2 heterocycles. The van der Waals surface area contributed by atoms with Crippen LogP contribution < -0.4 is 10.6 Å². The first-order valence-electron chi connectivity index (χ1n) is 8.79. The third kappa shape index (κ3) is 6.34. The molecule has 0 aromatic heterocycles. The van der Waals surface area contributed by atoms with Crippen LogP contribution in [0.5, 0.6) is 0 Å². The molecule has 2 aliphatic heterocycles.